The number of ether oxygens (including phenoxy) is 2. The van der Waals surface area contributed by atoms with E-state index in [1.807, 2.05) is 6.92 Å². The number of nitrogens with zero attached hydrogens (tertiary/aromatic N) is 3. The van der Waals surface area contributed by atoms with Gasteiger partial charge in [-0.1, -0.05) is 35.3 Å². The first-order chi connectivity index (χ1) is 16.8. The number of para-hydroxylation sites is 1. The van der Waals surface area contributed by atoms with E-state index < -0.39 is 10.8 Å². The van der Waals surface area contributed by atoms with Gasteiger partial charge in [0.1, 0.15) is 17.2 Å². The standard InChI is InChI=1S/C24H18Cl2N4O5/c1-15-10-18(6-7-20(15)25)35-19-12-16(11-17(13-19)30(32)33)27-24(31)22-8-9-29(28-22)14-34-23-5-3-2-4-21(23)26/h2-13H,14H2,1H3,(H,27,31). The molecule has 4 rings (SSSR count). The predicted octanol–water partition coefficient (Wildman–Crippen LogP) is 6.49. The van der Waals surface area contributed by atoms with Crippen molar-refractivity contribution >= 4 is 40.5 Å². The van der Waals surface area contributed by atoms with Crippen molar-refractivity contribution < 1.29 is 19.2 Å². The van der Waals surface area contributed by atoms with E-state index in [4.69, 9.17) is 32.7 Å². The van der Waals surface area contributed by atoms with E-state index in [0.717, 1.165) is 5.56 Å². The molecule has 0 aliphatic heterocycles. The molecule has 0 fully saturated rings. The molecule has 0 radical (unpaired) electrons. The fourth-order valence-corrected chi connectivity index (χ4v) is 3.39. The molecule has 0 atom stereocenters. The number of hydrogen-bond acceptors (Lipinski definition) is 6. The zero-order valence-corrected chi connectivity index (χ0v) is 19.8. The van der Waals surface area contributed by atoms with Crippen molar-refractivity contribution in [2.75, 3.05) is 5.32 Å². The summed E-state index contributed by atoms with van der Waals surface area (Å²) < 4.78 is 12.8. The van der Waals surface area contributed by atoms with Crippen molar-refractivity contribution in [1.29, 1.82) is 0 Å². The van der Waals surface area contributed by atoms with Gasteiger partial charge in [-0.3, -0.25) is 14.9 Å². The number of nitro benzene ring substituents is 1. The second-order valence-corrected chi connectivity index (χ2v) is 8.20. The fourth-order valence-electron chi connectivity index (χ4n) is 3.08. The van der Waals surface area contributed by atoms with Crippen LogP contribution >= 0.6 is 23.2 Å². The lowest BCUT2D eigenvalue weighted by Gasteiger charge is -2.10. The van der Waals surface area contributed by atoms with E-state index in [1.54, 1.807) is 48.7 Å². The topological polar surface area (TPSA) is 109 Å². The summed E-state index contributed by atoms with van der Waals surface area (Å²) >= 11 is 12.1. The molecule has 4 aromatic rings. The maximum atomic E-state index is 12.7. The van der Waals surface area contributed by atoms with E-state index >= 15 is 0 Å². The Morgan fingerprint density at radius 3 is 2.60 bits per heavy atom. The number of amides is 1. The first kappa shape index (κ1) is 24.1. The molecule has 0 spiro atoms. The van der Waals surface area contributed by atoms with Gasteiger partial charge >= 0.3 is 0 Å². The molecule has 3 aromatic carbocycles. The van der Waals surface area contributed by atoms with Crippen LogP contribution in [-0.4, -0.2) is 20.6 Å². The smallest absolute Gasteiger partial charge is 0.276 e. The third-order valence-corrected chi connectivity index (χ3v) is 5.52. The van der Waals surface area contributed by atoms with Gasteiger partial charge in [-0.05, 0) is 48.9 Å². The second-order valence-electron chi connectivity index (χ2n) is 7.38. The molecule has 9 nitrogen and oxygen atoms in total. The fraction of sp³-hybridized carbons (Fsp3) is 0.0833. The van der Waals surface area contributed by atoms with Crippen molar-refractivity contribution in [3.8, 4) is 17.2 Å². The van der Waals surface area contributed by atoms with Crippen molar-refractivity contribution in [1.82, 2.24) is 9.78 Å². The Morgan fingerprint density at radius 2 is 1.86 bits per heavy atom. The predicted molar refractivity (Wildman–Crippen MR) is 132 cm³/mol. The molecule has 0 bridgehead atoms. The van der Waals surface area contributed by atoms with Crippen LogP contribution in [0.15, 0.2) is 72.9 Å². The summed E-state index contributed by atoms with van der Waals surface area (Å²) in [4.78, 5) is 23.6. The van der Waals surface area contributed by atoms with Crippen LogP contribution in [0.25, 0.3) is 0 Å². The van der Waals surface area contributed by atoms with Crippen LogP contribution in [0.5, 0.6) is 17.2 Å². The number of non-ortho nitro benzene ring substituents is 1. The van der Waals surface area contributed by atoms with Crippen molar-refractivity contribution in [3.05, 3.63) is 104 Å². The minimum absolute atomic E-state index is 0.0340. The Labute approximate surface area is 210 Å². The van der Waals surface area contributed by atoms with Gasteiger partial charge in [-0.25, -0.2) is 4.68 Å². The summed E-state index contributed by atoms with van der Waals surface area (Å²) in [5.74, 6) is 0.544. The lowest BCUT2D eigenvalue weighted by molar-refractivity contribution is -0.384. The minimum atomic E-state index is -0.573. The summed E-state index contributed by atoms with van der Waals surface area (Å²) in [7, 11) is 0. The average molecular weight is 513 g/mol. The molecule has 178 valence electrons. The Bertz CT molecular complexity index is 1410. The quantitative estimate of drug-likeness (QED) is 0.213. The molecule has 11 heteroatoms. The maximum Gasteiger partial charge on any atom is 0.276 e. The zero-order chi connectivity index (χ0) is 24.9. The number of carbonyl (C=O) groups is 1. The zero-order valence-electron chi connectivity index (χ0n) is 18.3. The highest BCUT2D eigenvalue weighted by molar-refractivity contribution is 6.32. The van der Waals surface area contributed by atoms with Crippen molar-refractivity contribution in [2.24, 2.45) is 0 Å². The second kappa shape index (κ2) is 10.5. The third-order valence-electron chi connectivity index (χ3n) is 4.79. The number of nitrogens with one attached hydrogen (secondary N) is 1. The highest BCUT2D eigenvalue weighted by atomic mass is 35.5. The van der Waals surface area contributed by atoms with Crippen LogP contribution in [0.3, 0.4) is 0 Å². The van der Waals surface area contributed by atoms with Gasteiger partial charge < -0.3 is 14.8 Å². The monoisotopic (exact) mass is 512 g/mol. The van der Waals surface area contributed by atoms with Crippen LogP contribution in [0.2, 0.25) is 10.0 Å². The van der Waals surface area contributed by atoms with E-state index in [9.17, 15) is 14.9 Å². The Hall–Kier alpha value is -4.08. The Kier molecular flexibility index (Phi) is 7.19. The number of nitro groups is 1. The minimum Gasteiger partial charge on any atom is -0.470 e. The first-order valence-electron chi connectivity index (χ1n) is 10.2. The van der Waals surface area contributed by atoms with Crippen molar-refractivity contribution in [3.63, 3.8) is 0 Å². The van der Waals surface area contributed by atoms with Gasteiger partial charge in [-0.15, -0.1) is 0 Å². The summed E-state index contributed by atoms with van der Waals surface area (Å²) in [5, 5.41) is 19.2. The van der Waals surface area contributed by atoms with Crippen LogP contribution in [0.1, 0.15) is 16.1 Å². The highest BCUT2D eigenvalue weighted by Gasteiger charge is 2.16. The third kappa shape index (κ3) is 6.08. The number of anilines is 1. The Balaban J connectivity index is 1.48. The number of aromatic nitrogens is 2. The molecule has 0 unspecified atom stereocenters. The van der Waals surface area contributed by atoms with Gasteiger partial charge in [0.05, 0.1) is 21.7 Å². The number of rotatable bonds is 8. The molecule has 0 aliphatic carbocycles. The molecule has 35 heavy (non-hydrogen) atoms. The van der Waals surface area contributed by atoms with E-state index in [-0.39, 0.29) is 29.5 Å². The maximum absolute atomic E-state index is 12.7. The summed E-state index contributed by atoms with van der Waals surface area (Å²) in [6.07, 6.45) is 1.57. The van der Waals surface area contributed by atoms with Gasteiger partial charge in [-0.2, -0.15) is 5.10 Å². The number of aryl methyl sites for hydroxylation is 1. The molecule has 0 saturated carbocycles. The van der Waals surface area contributed by atoms with E-state index in [2.05, 4.69) is 10.4 Å². The first-order valence-corrected chi connectivity index (χ1v) is 11.0. The Morgan fingerprint density at radius 1 is 1.06 bits per heavy atom. The molecule has 0 saturated heterocycles. The summed E-state index contributed by atoms with van der Waals surface area (Å²) in [6.45, 7) is 1.85. The van der Waals surface area contributed by atoms with Gasteiger partial charge in [0, 0.05) is 23.4 Å². The van der Waals surface area contributed by atoms with Gasteiger partial charge in [0.15, 0.2) is 12.4 Å². The molecule has 1 aromatic heterocycles. The SMILES string of the molecule is Cc1cc(Oc2cc(NC(=O)c3ccn(COc4ccccc4Cl)n3)cc([N+](=O)[O-])c2)ccc1Cl. The number of hydrogen-bond donors (Lipinski definition) is 1. The van der Waals surface area contributed by atoms with Crippen LogP contribution in [0.4, 0.5) is 11.4 Å². The van der Waals surface area contributed by atoms with Gasteiger partial charge in [0.2, 0.25) is 0 Å². The number of benzene rings is 3. The average Bonchev–Trinajstić information content (AvgIpc) is 3.30. The van der Waals surface area contributed by atoms with Gasteiger partial charge in [0.25, 0.3) is 11.6 Å². The largest absolute Gasteiger partial charge is 0.470 e. The molecule has 1 amide bonds. The highest BCUT2D eigenvalue weighted by Crippen LogP contribution is 2.31. The van der Waals surface area contributed by atoms with Crippen LogP contribution < -0.4 is 14.8 Å². The van der Waals surface area contributed by atoms with E-state index in [1.165, 1.54) is 28.9 Å². The normalized spacial score (nSPS) is 10.6. The van der Waals surface area contributed by atoms with Crippen molar-refractivity contribution in [2.45, 2.75) is 13.7 Å². The molecular weight excluding hydrogens is 495 g/mol. The van der Waals surface area contributed by atoms with Crippen LogP contribution in [-0.2, 0) is 6.73 Å². The molecule has 1 N–H and O–H groups in total. The lowest BCUT2D eigenvalue weighted by Crippen LogP contribution is -2.14. The molecule has 1 heterocycles. The molecular formula is C24H18Cl2N4O5. The van der Waals surface area contributed by atoms with Crippen LogP contribution in [0, 0.1) is 17.0 Å². The number of carbonyl (C=O) groups excluding carboxylic acids is 1. The lowest BCUT2D eigenvalue weighted by atomic mass is 10.2. The molecule has 0 aliphatic rings. The summed E-state index contributed by atoms with van der Waals surface area (Å²) in [6, 6.07) is 17.5. The van der Waals surface area contributed by atoms with E-state index in [0.29, 0.717) is 21.5 Å². The summed E-state index contributed by atoms with van der Waals surface area (Å²) in [5.41, 5.74) is 0.807. The number of halogens is 2.